The number of urea groups is 1. The van der Waals surface area contributed by atoms with Crippen LogP contribution in [0, 0.1) is 5.82 Å². The maximum absolute atomic E-state index is 13.3. The monoisotopic (exact) mass is 469 g/mol. The molecule has 2 aromatic rings. The summed E-state index contributed by atoms with van der Waals surface area (Å²) in [6, 6.07) is 12.0. The van der Waals surface area contributed by atoms with Crippen LogP contribution in [0.25, 0.3) is 0 Å². The molecule has 2 N–H and O–H groups in total. The van der Waals surface area contributed by atoms with E-state index in [-0.39, 0.29) is 31.2 Å². The molecule has 4 amide bonds. The summed E-state index contributed by atoms with van der Waals surface area (Å²) in [5.74, 6) is -0.420. The summed E-state index contributed by atoms with van der Waals surface area (Å²) < 4.78 is 24.1. The van der Waals surface area contributed by atoms with Gasteiger partial charge in [0.2, 0.25) is 5.91 Å². The first kappa shape index (κ1) is 23.7. The van der Waals surface area contributed by atoms with Crippen LogP contribution in [-0.2, 0) is 19.7 Å². The molecule has 2 saturated heterocycles. The SMILES string of the molecule is COc1ccc(C2(CN3C(=O)N[C@H](CCC(=O)Nc4cccc(F)c4)C3=O)CCOCC2)cc1. The van der Waals surface area contributed by atoms with Crippen LogP contribution in [0.5, 0.6) is 5.75 Å². The molecule has 8 nitrogen and oxygen atoms in total. The van der Waals surface area contributed by atoms with Crippen LogP contribution in [0.1, 0.15) is 31.2 Å². The van der Waals surface area contributed by atoms with Crippen molar-refractivity contribution in [1.82, 2.24) is 10.2 Å². The number of benzene rings is 2. The van der Waals surface area contributed by atoms with E-state index >= 15 is 0 Å². The highest BCUT2D eigenvalue weighted by Gasteiger charge is 2.44. The number of imide groups is 1. The van der Waals surface area contributed by atoms with Crippen molar-refractivity contribution in [3.8, 4) is 5.75 Å². The first-order valence-corrected chi connectivity index (χ1v) is 11.3. The van der Waals surface area contributed by atoms with Crippen LogP contribution in [0.15, 0.2) is 48.5 Å². The average Bonchev–Trinajstić information content (AvgIpc) is 3.11. The number of amides is 4. The number of nitrogens with zero attached hydrogens (tertiary/aromatic N) is 1. The first-order valence-electron chi connectivity index (χ1n) is 11.3. The van der Waals surface area contributed by atoms with E-state index in [1.165, 1.54) is 23.1 Å². The van der Waals surface area contributed by atoms with Crippen molar-refractivity contribution < 1.29 is 28.2 Å². The predicted molar refractivity (Wildman–Crippen MR) is 123 cm³/mol. The molecule has 0 spiro atoms. The van der Waals surface area contributed by atoms with Gasteiger partial charge < -0.3 is 20.1 Å². The fourth-order valence-corrected chi connectivity index (χ4v) is 4.53. The number of halogens is 1. The minimum atomic E-state index is -0.779. The summed E-state index contributed by atoms with van der Waals surface area (Å²) in [7, 11) is 1.60. The van der Waals surface area contributed by atoms with Gasteiger partial charge in [0, 0.05) is 37.3 Å². The topological polar surface area (TPSA) is 97.0 Å². The van der Waals surface area contributed by atoms with Crippen LogP contribution >= 0.6 is 0 Å². The van der Waals surface area contributed by atoms with Gasteiger partial charge in [-0.05, 0) is 55.2 Å². The Bertz CT molecular complexity index is 1050. The van der Waals surface area contributed by atoms with Crippen LogP contribution < -0.4 is 15.4 Å². The highest BCUT2D eigenvalue weighted by Crippen LogP contribution is 2.37. The molecule has 4 rings (SSSR count). The van der Waals surface area contributed by atoms with Crippen molar-refractivity contribution in [3.05, 3.63) is 59.9 Å². The zero-order valence-electron chi connectivity index (χ0n) is 19.0. The van der Waals surface area contributed by atoms with E-state index in [1.807, 2.05) is 24.3 Å². The Balaban J connectivity index is 1.41. The lowest BCUT2D eigenvalue weighted by Gasteiger charge is -2.39. The lowest BCUT2D eigenvalue weighted by atomic mass is 9.73. The summed E-state index contributed by atoms with van der Waals surface area (Å²) in [5.41, 5.74) is 0.950. The lowest BCUT2D eigenvalue weighted by Crippen LogP contribution is -2.47. The van der Waals surface area contributed by atoms with Gasteiger partial charge in [-0.25, -0.2) is 9.18 Å². The van der Waals surface area contributed by atoms with Gasteiger partial charge in [0.05, 0.1) is 7.11 Å². The fourth-order valence-electron chi connectivity index (χ4n) is 4.53. The molecule has 0 aromatic heterocycles. The quantitative estimate of drug-likeness (QED) is 0.579. The highest BCUT2D eigenvalue weighted by molar-refractivity contribution is 6.04. The molecule has 2 fully saturated rings. The number of nitrogens with one attached hydrogen (secondary N) is 2. The predicted octanol–water partition coefficient (Wildman–Crippen LogP) is 3.22. The highest BCUT2D eigenvalue weighted by atomic mass is 19.1. The zero-order valence-corrected chi connectivity index (χ0v) is 19.0. The number of hydrogen-bond acceptors (Lipinski definition) is 5. The lowest BCUT2D eigenvalue weighted by molar-refractivity contribution is -0.128. The van der Waals surface area contributed by atoms with Gasteiger partial charge >= 0.3 is 6.03 Å². The number of methoxy groups -OCH3 is 1. The number of hydrogen-bond donors (Lipinski definition) is 2. The Morgan fingerprint density at radius 3 is 2.62 bits per heavy atom. The minimum absolute atomic E-state index is 0.0124. The second kappa shape index (κ2) is 10.2. The van der Waals surface area contributed by atoms with Crippen LogP contribution in [0.3, 0.4) is 0 Å². The first-order chi connectivity index (χ1) is 16.4. The molecule has 2 aliphatic rings. The molecule has 2 heterocycles. The molecular weight excluding hydrogens is 441 g/mol. The molecule has 0 radical (unpaired) electrons. The van der Waals surface area contributed by atoms with Crippen molar-refractivity contribution in [1.29, 1.82) is 0 Å². The molecule has 34 heavy (non-hydrogen) atoms. The van der Waals surface area contributed by atoms with Gasteiger partial charge in [-0.15, -0.1) is 0 Å². The number of carbonyl (C=O) groups excluding carboxylic acids is 3. The zero-order chi connectivity index (χ0) is 24.1. The molecule has 0 saturated carbocycles. The Morgan fingerprint density at radius 1 is 1.21 bits per heavy atom. The number of ether oxygens (including phenoxy) is 2. The number of carbonyl (C=O) groups is 3. The second-order valence-corrected chi connectivity index (χ2v) is 8.64. The van der Waals surface area contributed by atoms with E-state index in [4.69, 9.17) is 9.47 Å². The van der Waals surface area contributed by atoms with Gasteiger partial charge in [-0.2, -0.15) is 0 Å². The van der Waals surface area contributed by atoms with E-state index in [1.54, 1.807) is 13.2 Å². The van der Waals surface area contributed by atoms with Gasteiger partial charge in [-0.1, -0.05) is 18.2 Å². The summed E-state index contributed by atoms with van der Waals surface area (Å²) in [4.78, 5) is 39.3. The van der Waals surface area contributed by atoms with E-state index in [9.17, 15) is 18.8 Å². The molecule has 0 unspecified atom stereocenters. The Hall–Kier alpha value is -3.46. The van der Waals surface area contributed by atoms with E-state index in [0.29, 0.717) is 31.7 Å². The Morgan fingerprint density at radius 2 is 1.94 bits per heavy atom. The van der Waals surface area contributed by atoms with Crippen molar-refractivity contribution in [3.63, 3.8) is 0 Å². The van der Waals surface area contributed by atoms with Crippen molar-refractivity contribution in [2.75, 3.05) is 32.2 Å². The van der Waals surface area contributed by atoms with Gasteiger partial charge in [0.15, 0.2) is 0 Å². The summed E-state index contributed by atoms with van der Waals surface area (Å²) in [6.45, 7) is 1.32. The number of anilines is 1. The van der Waals surface area contributed by atoms with E-state index < -0.39 is 23.3 Å². The summed E-state index contributed by atoms with van der Waals surface area (Å²) >= 11 is 0. The Labute approximate surface area is 197 Å². The summed E-state index contributed by atoms with van der Waals surface area (Å²) in [5, 5.41) is 5.31. The van der Waals surface area contributed by atoms with Crippen molar-refractivity contribution >= 4 is 23.5 Å². The molecule has 9 heteroatoms. The maximum atomic E-state index is 13.3. The summed E-state index contributed by atoms with van der Waals surface area (Å²) in [6.07, 6.45) is 1.52. The fraction of sp³-hybridized carbons (Fsp3) is 0.400. The molecule has 2 aromatic carbocycles. The third-order valence-corrected chi connectivity index (χ3v) is 6.49. The third kappa shape index (κ3) is 5.20. The number of rotatable bonds is 8. The second-order valence-electron chi connectivity index (χ2n) is 8.64. The third-order valence-electron chi connectivity index (χ3n) is 6.49. The van der Waals surface area contributed by atoms with E-state index in [2.05, 4.69) is 10.6 Å². The maximum Gasteiger partial charge on any atom is 0.324 e. The normalized spacial score (nSPS) is 19.6. The van der Waals surface area contributed by atoms with Gasteiger partial charge in [0.25, 0.3) is 5.91 Å². The molecule has 0 bridgehead atoms. The molecular formula is C25H28FN3O5. The smallest absolute Gasteiger partial charge is 0.324 e. The van der Waals surface area contributed by atoms with Crippen LogP contribution in [0.4, 0.5) is 14.9 Å². The average molecular weight is 470 g/mol. The largest absolute Gasteiger partial charge is 0.497 e. The van der Waals surface area contributed by atoms with E-state index in [0.717, 1.165) is 11.3 Å². The Kier molecular flexibility index (Phi) is 7.12. The van der Waals surface area contributed by atoms with Crippen molar-refractivity contribution in [2.24, 2.45) is 0 Å². The van der Waals surface area contributed by atoms with Crippen molar-refractivity contribution in [2.45, 2.75) is 37.1 Å². The molecule has 0 aliphatic carbocycles. The van der Waals surface area contributed by atoms with Crippen LogP contribution in [-0.4, -0.2) is 55.7 Å². The molecule has 180 valence electrons. The van der Waals surface area contributed by atoms with Gasteiger partial charge in [0.1, 0.15) is 17.6 Å². The molecule has 1 atom stereocenters. The van der Waals surface area contributed by atoms with Gasteiger partial charge in [-0.3, -0.25) is 14.5 Å². The van der Waals surface area contributed by atoms with Crippen LogP contribution in [0.2, 0.25) is 0 Å². The minimum Gasteiger partial charge on any atom is -0.497 e. The molecule has 2 aliphatic heterocycles. The standard InChI is InChI=1S/C25H28FN3O5/c1-33-20-7-5-17(6-8-20)25(11-13-34-14-12-25)16-29-23(31)21(28-24(29)32)9-10-22(30)27-19-4-2-3-18(26)15-19/h2-8,15,21H,9-14,16H2,1H3,(H,27,30)(H,28,32)/t21-/m1/s1.